The maximum Gasteiger partial charge on any atom is 0.342 e. The Morgan fingerprint density at radius 2 is 1.74 bits per heavy atom. The van der Waals surface area contributed by atoms with Gasteiger partial charge < -0.3 is 15.7 Å². The van der Waals surface area contributed by atoms with Gasteiger partial charge in [0.05, 0.1) is 17.8 Å². The molecule has 0 bridgehead atoms. The van der Waals surface area contributed by atoms with Crippen molar-refractivity contribution in [3.63, 3.8) is 0 Å². The molecular formula is C29H32N4O5. The zero-order valence-corrected chi connectivity index (χ0v) is 21.2. The van der Waals surface area contributed by atoms with Crippen molar-refractivity contribution in [1.29, 1.82) is 0 Å². The maximum atomic E-state index is 13.2. The molecule has 9 heteroatoms. The second-order valence-electron chi connectivity index (χ2n) is 10.4. The molecule has 198 valence electrons. The molecule has 0 radical (unpaired) electrons. The van der Waals surface area contributed by atoms with Crippen molar-refractivity contribution in [2.45, 2.75) is 57.8 Å². The van der Waals surface area contributed by atoms with Crippen LogP contribution in [0.25, 0.3) is 0 Å². The Morgan fingerprint density at radius 3 is 2.47 bits per heavy atom. The minimum atomic E-state index is -0.959. The van der Waals surface area contributed by atoms with Crippen LogP contribution in [0, 0.1) is 11.8 Å². The Hall–Kier alpha value is -4.01. The van der Waals surface area contributed by atoms with E-state index in [-0.39, 0.29) is 30.6 Å². The Bertz CT molecular complexity index is 1290. The molecule has 3 N–H and O–H groups in total. The van der Waals surface area contributed by atoms with Gasteiger partial charge in [0.25, 0.3) is 0 Å². The van der Waals surface area contributed by atoms with Crippen LogP contribution in [0.3, 0.4) is 0 Å². The Morgan fingerprint density at radius 1 is 0.974 bits per heavy atom. The quantitative estimate of drug-likeness (QED) is 0.449. The van der Waals surface area contributed by atoms with E-state index >= 15 is 0 Å². The molecule has 3 amide bonds. The molecule has 0 spiro atoms. The third kappa shape index (κ3) is 6.27. The highest BCUT2D eigenvalue weighted by atomic mass is 16.4. The zero-order valence-electron chi connectivity index (χ0n) is 21.2. The molecule has 2 saturated carbocycles. The van der Waals surface area contributed by atoms with E-state index in [1.807, 2.05) is 18.2 Å². The molecule has 38 heavy (non-hydrogen) atoms. The number of carbonyl (C=O) groups excluding carboxylic acids is 3. The molecule has 2 fully saturated rings. The van der Waals surface area contributed by atoms with Gasteiger partial charge in [-0.05, 0) is 55.0 Å². The molecule has 9 nitrogen and oxygen atoms in total. The molecule has 1 aliphatic heterocycles. The summed E-state index contributed by atoms with van der Waals surface area (Å²) < 4.78 is 0. The average Bonchev–Trinajstić information content (AvgIpc) is 3.73. The van der Waals surface area contributed by atoms with Crippen LogP contribution in [-0.2, 0) is 27.2 Å². The molecule has 5 rings (SSSR count). The predicted molar refractivity (Wildman–Crippen MR) is 143 cm³/mol. The van der Waals surface area contributed by atoms with E-state index in [1.54, 1.807) is 24.3 Å². The lowest BCUT2D eigenvalue weighted by molar-refractivity contribution is -0.136. The Labute approximate surface area is 221 Å². The molecule has 2 aromatic carbocycles. The van der Waals surface area contributed by atoms with E-state index in [9.17, 15) is 19.2 Å². The average molecular weight is 517 g/mol. The first kappa shape index (κ1) is 25.6. The number of anilines is 2. The molecule has 2 aromatic rings. The molecule has 0 aromatic heterocycles. The van der Waals surface area contributed by atoms with Gasteiger partial charge in [-0.1, -0.05) is 43.5 Å². The lowest BCUT2D eigenvalue weighted by Gasteiger charge is -2.24. The maximum absolute atomic E-state index is 13.2. The van der Waals surface area contributed by atoms with Crippen molar-refractivity contribution in [3.05, 3.63) is 59.2 Å². The van der Waals surface area contributed by atoms with Crippen molar-refractivity contribution >= 4 is 40.8 Å². The molecule has 3 aliphatic rings. The summed E-state index contributed by atoms with van der Waals surface area (Å²) in [4.78, 5) is 49.5. The van der Waals surface area contributed by atoms with E-state index in [0.717, 1.165) is 60.4 Å². The number of carboxylic acid groups (broad SMARTS) is 1. The number of ketones is 1. The van der Waals surface area contributed by atoms with E-state index in [2.05, 4.69) is 10.6 Å². The second-order valence-corrected chi connectivity index (χ2v) is 10.4. The highest BCUT2D eigenvalue weighted by Crippen LogP contribution is 2.34. The molecule has 0 saturated heterocycles. The second kappa shape index (κ2) is 11.2. The minimum Gasteiger partial charge on any atom is -0.481 e. The summed E-state index contributed by atoms with van der Waals surface area (Å²) in [6.07, 6.45) is 7.37. The first-order valence-corrected chi connectivity index (χ1v) is 13.3. The smallest absolute Gasteiger partial charge is 0.342 e. The van der Waals surface area contributed by atoms with Gasteiger partial charge in [0, 0.05) is 29.5 Å². The molecule has 0 unspecified atom stereocenters. The Kier molecular flexibility index (Phi) is 7.53. The minimum absolute atomic E-state index is 0.153. The Balaban J connectivity index is 1.37. The van der Waals surface area contributed by atoms with Crippen molar-refractivity contribution in [2.75, 3.05) is 17.2 Å². The number of fused-ring (bicyclic) bond motifs is 1. The summed E-state index contributed by atoms with van der Waals surface area (Å²) in [5, 5.41) is 20.6. The summed E-state index contributed by atoms with van der Waals surface area (Å²) in [7, 11) is 0. The number of carbonyl (C=O) groups is 4. The highest BCUT2D eigenvalue weighted by Gasteiger charge is 2.31. The van der Waals surface area contributed by atoms with Crippen LogP contribution in [0.15, 0.2) is 47.6 Å². The van der Waals surface area contributed by atoms with Gasteiger partial charge in [-0.15, -0.1) is 0 Å². The fraction of sp³-hybridized carbons (Fsp3) is 0.414. The van der Waals surface area contributed by atoms with Crippen LogP contribution in [0.2, 0.25) is 0 Å². The predicted octanol–water partition coefficient (Wildman–Crippen LogP) is 4.61. The van der Waals surface area contributed by atoms with Gasteiger partial charge in [-0.25, -0.2) is 9.80 Å². The lowest BCUT2D eigenvalue weighted by Crippen LogP contribution is -2.37. The first-order valence-electron chi connectivity index (χ1n) is 13.3. The fourth-order valence-corrected chi connectivity index (χ4v) is 5.24. The van der Waals surface area contributed by atoms with Crippen molar-refractivity contribution < 1.29 is 24.3 Å². The zero-order chi connectivity index (χ0) is 26.6. The fourth-order valence-electron chi connectivity index (χ4n) is 5.24. The van der Waals surface area contributed by atoms with E-state index in [0.29, 0.717) is 23.4 Å². The van der Waals surface area contributed by atoms with E-state index < -0.39 is 17.9 Å². The normalized spacial score (nSPS) is 17.6. The summed E-state index contributed by atoms with van der Waals surface area (Å²) in [6, 6.07) is 11.9. The largest absolute Gasteiger partial charge is 0.481 e. The first-order chi connectivity index (χ1) is 18.4. The topological polar surface area (TPSA) is 128 Å². The molecule has 0 atom stereocenters. The molecule has 2 aliphatic carbocycles. The monoisotopic (exact) mass is 516 g/mol. The van der Waals surface area contributed by atoms with Gasteiger partial charge in [0.2, 0.25) is 5.91 Å². The summed E-state index contributed by atoms with van der Waals surface area (Å²) >= 11 is 0. The number of hydrazone groups is 1. The number of carboxylic acids is 1. The van der Waals surface area contributed by atoms with Gasteiger partial charge in [0.1, 0.15) is 12.3 Å². The van der Waals surface area contributed by atoms with Crippen LogP contribution in [0.5, 0.6) is 0 Å². The third-order valence-electron chi connectivity index (χ3n) is 7.33. The van der Waals surface area contributed by atoms with Crippen LogP contribution >= 0.6 is 0 Å². The van der Waals surface area contributed by atoms with Gasteiger partial charge in [-0.3, -0.25) is 14.4 Å². The molecule has 1 heterocycles. The van der Waals surface area contributed by atoms with Crippen LogP contribution < -0.4 is 10.6 Å². The van der Waals surface area contributed by atoms with Crippen LogP contribution in [-0.4, -0.2) is 46.1 Å². The lowest BCUT2D eigenvalue weighted by atomic mass is 9.82. The van der Waals surface area contributed by atoms with E-state index in [1.165, 1.54) is 6.42 Å². The van der Waals surface area contributed by atoms with Crippen molar-refractivity contribution in [3.8, 4) is 0 Å². The van der Waals surface area contributed by atoms with Gasteiger partial charge >= 0.3 is 12.0 Å². The number of rotatable bonds is 9. The SMILES string of the molecule is O=C(O)Cc1cccc(NC(=O)CN2N=C(C3CCCCC3)c3ccc(CC(=O)C4CC4)cc3NC2=O)c1. The number of hydrogen-bond acceptors (Lipinski definition) is 5. The number of Topliss-reactive ketones (excluding diaryl/α,β-unsaturated/α-hetero) is 1. The number of hydrogen-bond donors (Lipinski definition) is 3. The number of nitrogens with one attached hydrogen (secondary N) is 2. The number of benzene rings is 2. The van der Waals surface area contributed by atoms with Crippen LogP contribution in [0.4, 0.5) is 16.2 Å². The van der Waals surface area contributed by atoms with E-state index in [4.69, 9.17) is 10.2 Å². The number of amides is 3. The molecular weight excluding hydrogens is 484 g/mol. The van der Waals surface area contributed by atoms with Crippen molar-refractivity contribution in [2.24, 2.45) is 16.9 Å². The summed E-state index contributed by atoms with van der Waals surface area (Å²) in [5.74, 6) is -0.828. The standard InChI is InChI=1S/C29H32N4O5/c34-25(20-10-11-20)15-19-9-12-23-24(14-19)31-29(38)33(32-28(23)21-6-2-1-3-7-21)17-26(35)30-22-8-4-5-18(13-22)16-27(36)37/h4-5,8-9,12-14,20-21H,1-3,6-7,10-11,15-17H2,(H,30,35)(H,31,38)(H,36,37). The number of urea groups is 1. The van der Waals surface area contributed by atoms with Crippen molar-refractivity contribution in [1.82, 2.24) is 5.01 Å². The van der Waals surface area contributed by atoms with Gasteiger partial charge in [-0.2, -0.15) is 5.10 Å². The summed E-state index contributed by atoms with van der Waals surface area (Å²) in [6.45, 7) is -0.299. The summed E-state index contributed by atoms with van der Waals surface area (Å²) in [5.41, 5.74) is 4.10. The number of nitrogens with zero attached hydrogens (tertiary/aromatic N) is 2. The highest BCUT2D eigenvalue weighted by molar-refractivity contribution is 6.11. The number of aliphatic carboxylic acids is 1. The third-order valence-corrected chi connectivity index (χ3v) is 7.33. The van der Waals surface area contributed by atoms with Crippen LogP contribution in [0.1, 0.15) is 61.6 Å². The van der Waals surface area contributed by atoms with Gasteiger partial charge in [0.15, 0.2) is 0 Å².